The Morgan fingerprint density at radius 1 is 1.36 bits per heavy atom. The minimum Gasteiger partial charge on any atom is -0.394 e. The van der Waals surface area contributed by atoms with Crippen LogP contribution in [0.15, 0.2) is 30.3 Å². The van der Waals surface area contributed by atoms with Crippen LogP contribution in [0.25, 0.3) is 0 Å². The highest BCUT2D eigenvalue weighted by Crippen LogP contribution is 2.09. The quantitative estimate of drug-likeness (QED) is 0.673. The van der Waals surface area contributed by atoms with Gasteiger partial charge in [0.15, 0.2) is 0 Å². The SMILES string of the molecule is CNC(CO)c1ccccc1. The molecule has 0 radical (unpaired) electrons. The molecule has 0 aliphatic rings. The monoisotopic (exact) mass is 151 g/mol. The molecule has 0 saturated carbocycles. The molecule has 1 aromatic carbocycles. The highest BCUT2D eigenvalue weighted by molar-refractivity contribution is 5.18. The number of aliphatic hydroxyl groups excluding tert-OH is 1. The summed E-state index contributed by atoms with van der Waals surface area (Å²) in [4.78, 5) is 0. The summed E-state index contributed by atoms with van der Waals surface area (Å²) in [5, 5.41) is 11.9. The Morgan fingerprint density at radius 2 is 2.00 bits per heavy atom. The van der Waals surface area contributed by atoms with Crippen molar-refractivity contribution in [2.24, 2.45) is 0 Å². The maximum Gasteiger partial charge on any atom is 0.0626 e. The van der Waals surface area contributed by atoms with E-state index in [1.807, 2.05) is 37.4 Å². The summed E-state index contributed by atoms with van der Waals surface area (Å²) < 4.78 is 0. The van der Waals surface area contributed by atoms with Crippen molar-refractivity contribution in [3.63, 3.8) is 0 Å². The van der Waals surface area contributed by atoms with E-state index in [0.29, 0.717) is 0 Å². The molecule has 0 aliphatic carbocycles. The van der Waals surface area contributed by atoms with Gasteiger partial charge in [-0.05, 0) is 12.6 Å². The van der Waals surface area contributed by atoms with E-state index in [1.54, 1.807) is 0 Å². The zero-order valence-corrected chi connectivity index (χ0v) is 6.62. The fourth-order valence-corrected chi connectivity index (χ4v) is 1.05. The molecular formula is C9H13NO. The number of benzene rings is 1. The second kappa shape index (κ2) is 4.11. The van der Waals surface area contributed by atoms with E-state index >= 15 is 0 Å². The highest BCUT2D eigenvalue weighted by atomic mass is 16.3. The van der Waals surface area contributed by atoms with E-state index in [9.17, 15) is 0 Å². The zero-order valence-electron chi connectivity index (χ0n) is 6.62. The van der Waals surface area contributed by atoms with Crippen LogP contribution < -0.4 is 5.32 Å². The zero-order chi connectivity index (χ0) is 8.10. The topological polar surface area (TPSA) is 32.3 Å². The van der Waals surface area contributed by atoms with Gasteiger partial charge in [0, 0.05) is 0 Å². The lowest BCUT2D eigenvalue weighted by Gasteiger charge is -2.12. The Labute approximate surface area is 66.9 Å². The third-order valence-corrected chi connectivity index (χ3v) is 1.73. The van der Waals surface area contributed by atoms with Crippen molar-refractivity contribution < 1.29 is 5.11 Å². The molecule has 2 heteroatoms. The normalized spacial score (nSPS) is 12.9. The van der Waals surface area contributed by atoms with Crippen LogP contribution in [0.1, 0.15) is 11.6 Å². The molecule has 11 heavy (non-hydrogen) atoms. The van der Waals surface area contributed by atoms with Crippen molar-refractivity contribution in [1.82, 2.24) is 5.32 Å². The first-order valence-corrected chi connectivity index (χ1v) is 3.71. The summed E-state index contributed by atoms with van der Waals surface area (Å²) in [5.41, 5.74) is 1.12. The van der Waals surface area contributed by atoms with Gasteiger partial charge in [0.25, 0.3) is 0 Å². The first-order valence-electron chi connectivity index (χ1n) is 3.71. The van der Waals surface area contributed by atoms with Crippen LogP contribution in [-0.2, 0) is 0 Å². The van der Waals surface area contributed by atoms with Crippen molar-refractivity contribution in [3.05, 3.63) is 35.9 Å². The first kappa shape index (κ1) is 8.24. The van der Waals surface area contributed by atoms with Crippen LogP contribution in [0.3, 0.4) is 0 Å². The van der Waals surface area contributed by atoms with Crippen molar-refractivity contribution >= 4 is 0 Å². The van der Waals surface area contributed by atoms with Crippen molar-refractivity contribution in [3.8, 4) is 0 Å². The maximum absolute atomic E-state index is 8.92. The standard InChI is InChI=1S/C9H13NO/c1-10-9(7-11)8-5-3-2-4-6-8/h2-6,9-11H,7H2,1H3. The first-order chi connectivity index (χ1) is 5.38. The largest absolute Gasteiger partial charge is 0.394 e. The Kier molecular flexibility index (Phi) is 3.08. The fraction of sp³-hybridized carbons (Fsp3) is 0.333. The van der Waals surface area contributed by atoms with E-state index in [0.717, 1.165) is 5.56 Å². The fourth-order valence-electron chi connectivity index (χ4n) is 1.05. The van der Waals surface area contributed by atoms with Gasteiger partial charge in [-0.3, -0.25) is 0 Å². The highest BCUT2D eigenvalue weighted by Gasteiger charge is 2.04. The van der Waals surface area contributed by atoms with E-state index in [1.165, 1.54) is 0 Å². The van der Waals surface area contributed by atoms with E-state index in [4.69, 9.17) is 5.11 Å². The average Bonchev–Trinajstić information content (AvgIpc) is 2.09. The van der Waals surface area contributed by atoms with Gasteiger partial charge in [-0.25, -0.2) is 0 Å². The van der Waals surface area contributed by atoms with Crippen LogP contribution in [-0.4, -0.2) is 18.8 Å². The Bertz CT molecular complexity index is 194. The van der Waals surface area contributed by atoms with E-state index < -0.39 is 0 Å². The van der Waals surface area contributed by atoms with Gasteiger partial charge in [-0.1, -0.05) is 30.3 Å². The van der Waals surface area contributed by atoms with Crippen LogP contribution >= 0.6 is 0 Å². The second-order valence-electron chi connectivity index (χ2n) is 2.43. The van der Waals surface area contributed by atoms with Gasteiger partial charge in [0.2, 0.25) is 0 Å². The van der Waals surface area contributed by atoms with E-state index in [2.05, 4.69) is 5.32 Å². The summed E-state index contributed by atoms with van der Waals surface area (Å²) in [7, 11) is 1.84. The molecule has 1 unspecified atom stereocenters. The third-order valence-electron chi connectivity index (χ3n) is 1.73. The van der Waals surface area contributed by atoms with E-state index in [-0.39, 0.29) is 12.6 Å². The number of hydrogen-bond donors (Lipinski definition) is 2. The molecule has 2 nitrogen and oxygen atoms in total. The lowest BCUT2D eigenvalue weighted by molar-refractivity contribution is 0.251. The lowest BCUT2D eigenvalue weighted by Crippen LogP contribution is -2.19. The Balaban J connectivity index is 2.74. The summed E-state index contributed by atoms with van der Waals surface area (Å²) in [5.74, 6) is 0. The number of hydrogen-bond acceptors (Lipinski definition) is 2. The van der Waals surface area contributed by atoms with Crippen LogP contribution in [0.4, 0.5) is 0 Å². The molecule has 2 N–H and O–H groups in total. The van der Waals surface area contributed by atoms with Gasteiger partial charge in [0.1, 0.15) is 0 Å². The molecule has 1 aromatic rings. The number of likely N-dealkylation sites (N-methyl/N-ethyl adjacent to an activating group) is 1. The average molecular weight is 151 g/mol. The maximum atomic E-state index is 8.92. The minimum atomic E-state index is 0.0659. The van der Waals surface area contributed by atoms with Crippen molar-refractivity contribution in [2.45, 2.75) is 6.04 Å². The molecule has 1 atom stereocenters. The summed E-state index contributed by atoms with van der Waals surface area (Å²) in [6.45, 7) is 0.139. The summed E-state index contributed by atoms with van der Waals surface area (Å²) >= 11 is 0. The molecule has 0 fully saturated rings. The predicted octanol–water partition coefficient (Wildman–Crippen LogP) is 0.939. The minimum absolute atomic E-state index is 0.0659. The number of aliphatic hydroxyl groups is 1. The third kappa shape index (κ3) is 2.03. The summed E-state index contributed by atoms with van der Waals surface area (Å²) in [6.07, 6.45) is 0. The van der Waals surface area contributed by atoms with Crippen molar-refractivity contribution in [1.29, 1.82) is 0 Å². The summed E-state index contributed by atoms with van der Waals surface area (Å²) in [6, 6.07) is 9.96. The number of nitrogens with one attached hydrogen (secondary N) is 1. The lowest BCUT2D eigenvalue weighted by atomic mass is 10.1. The molecule has 0 bridgehead atoms. The van der Waals surface area contributed by atoms with Gasteiger partial charge < -0.3 is 10.4 Å². The Hall–Kier alpha value is -0.860. The second-order valence-corrected chi connectivity index (χ2v) is 2.43. The molecule has 0 amide bonds. The predicted molar refractivity (Wildman–Crippen MR) is 45.3 cm³/mol. The molecule has 0 aromatic heterocycles. The van der Waals surface area contributed by atoms with Crippen LogP contribution in [0.5, 0.6) is 0 Å². The van der Waals surface area contributed by atoms with Crippen molar-refractivity contribution in [2.75, 3.05) is 13.7 Å². The number of rotatable bonds is 3. The molecule has 60 valence electrons. The molecule has 0 heterocycles. The van der Waals surface area contributed by atoms with Gasteiger partial charge in [-0.2, -0.15) is 0 Å². The molecule has 0 spiro atoms. The smallest absolute Gasteiger partial charge is 0.0626 e. The van der Waals surface area contributed by atoms with Gasteiger partial charge >= 0.3 is 0 Å². The van der Waals surface area contributed by atoms with Crippen LogP contribution in [0.2, 0.25) is 0 Å². The van der Waals surface area contributed by atoms with Gasteiger partial charge in [0.05, 0.1) is 12.6 Å². The Morgan fingerprint density at radius 3 is 2.45 bits per heavy atom. The molecular weight excluding hydrogens is 138 g/mol. The van der Waals surface area contributed by atoms with Gasteiger partial charge in [-0.15, -0.1) is 0 Å². The van der Waals surface area contributed by atoms with Crippen LogP contribution in [0, 0.1) is 0 Å². The molecule has 0 aliphatic heterocycles. The molecule has 0 saturated heterocycles. The molecule has 1 rings (SSSR count).